The van der Waals surface area contributed by atoms with Gasteiger partial charge in [-0.15, -0.1) is 0 Å². The largest absolute Gasteiger partial charge is 0.450 e. The quantitative estimate of drug-likeness (QED) is 0.492. The molecule has 2 rings (SSSR count). The number of carbonyl (C=O) groups excluding carboxylic acids is 1. The van der Waals surface area contributed by atoms with Gasteiger partial charge >= 0.3 is 6.09 Å². The minimum absolute atomic E-state index is 0.0643. The van der Waals surface area contributed by atoms with Crippen molar-refractivity contribution in [1.82, 2.24) is 16.0 Å². The predicted molar refractivity (Wildman–Crippen MR) is 105 cm³/mol. The molecule has 6 nitrogen and oxygen atoms in total. The first-order chi connectivity index (χ1) is 12.5. The second kappa shape index (κ2) is 10.0. The van der Waals surface area contributed by atoms with Crippen LogP contribution in [0.3, 0.4) is 0 Å². The molecule has 6 heteroatoms. The Hall–Kier alpha value is -2.24. The lowest BCUT2D eigenvalue weighted by Gasteiger charge is -2.25. The molecule has 1 saturated carbocycles. The molecule has 144 valence electrons. The van der Waals surface area contributed by atoms with Gasteiger partial charge < -0.3 is 20.7 Å². The highest BCUT2D eigenvalue weighted by Crippen LogP contribution is 2.32. The van der Waals surface area contributed by atoms with Crippen molar-refractivity contribution in [2.24, 2.45) is 10.9 Å². The molecule has 1 amide bonds. The van der Waals surface area contributed by atoms with Gasteiger partial charge in [0.15, 0.2) is 5.96 Å². The monoisotopic (exact) mass is 360 g/mol. The van der Waals surface area contributed by atoms with Crippen LogP contribution in [-0.2, 0) is 4.74 Å². The number of rotatable bonds is 8. The van der Waals surface area contributed by atoms with E-state index in [1.807, 2.05) is 13.0 Å². The van der Waals surface area contributed by atoms with E-state index in [9.17, 15) is 4.79 Å². The number of nitrogens with one attached hydrogen (secondary N) is 3. The normalized spacial score (nSPS) is 17.8. The van der Waals surface area contributed by atoms with E-state index >= 15 is 0 Å². The van der Waals surface area contributed by atoms with E-state index in [2.05, 4.69) is 59.1 Å². The summed E-state index contributed by atoms with van der Waals surface area (Å²) in [6.07, 6.45) is 1.94. The molecule has 3 atom stereocenters. The van der Waals surface area contributed by atoms with Crippen molar-refractivity contribution in [3.05, 3.63) is 35.9 Å². The van der Waals surface area contributed by atoms with Gasteiger partial charge in [0.25, 0.3) is 0 Å². The first-order valence-electron chi connectivity index (χ1n) is 9.50. The minimum Gasteiger partial charge on any atom is -0.450 e. The minimum atomic E-state index is -0.347. The van der Waals surface area contributed by atoms with Crippen molar-refractivity contribution in [3.8, 4) is 0 Å². The van der Waals surface area contributed by atoms with Crippen LogP contribution in [0.5, 0.6) is 0 Å². The van der Waals surface area contributed by atoms with Crippen LogP contribution >= 0.6 is 0 Å². The van der Waals surface area contributed by atoms with Gasteiger partial charge in [-0.25, -0.2) is 4.79 Å². The van der Waals surface area contributed by atoms with Crippen LogP contribution in [0.1, 0.15) is 45.1 Å². The summed E-state index contributed by atoms with van der Waals surface area (Å²) in [6, 6.07) is 10.7. The molecule has 1 aliphatic carbocycles. The summed E-state index contributed by atoms with van der Waals surface area (Å²) >= 11 is 0. The number of guanidine groups is 1. The second-order valence-corrected chi connectivity index (χ2v) is 6.89. The van der Waals surface area contributed by atoms with Gasteiger partial charge in [-0.2, -0.15) is 0 Å². The Kier molecular flexibility index (Phi) is 7.75. The van der Waals surface area contributed by atoms with Gasteiger partial charge in [0.2, 0.25) is 0 Å². The molecule has 1 aromatic rings. The summed E-state index contributed by atoms with van der Waals surface area (Å²) in [6.45, 7) is 7.19. The first-order valence-corrected chi connectivity index (χ1v) is 9.50. The maximum Gasteiger partial charge on any atom is 0.407 e. The zero-order chi connectivity index (χ0) is 18.9. The maximum absolute atomic E-state index is 11.7. The summed E-state index contributed by atoms with van der Waals surface area (Å²) in [7, 11) is 1.76. The first kappa shape index (κ1) is 20.1. The van der Waals surface area contributed by atoms with E-state index < -0.39 is 0 Å². The molecule has 0 saturated heterocycles. The third-order valence-electron chi connectivity index (χ3n) is 4.92. The molecule has 0 aliphatic heterocycles. The van der Waals surface area contributed by atoms with Crippen LogP contribution < -0.4 is 16.0 Å². The number of hydrogen-bond donors (Lipinski definition) is 3. The fraction of sp³-hybridized carbons (Fsp3) is 0.600. The van der Waals surface area contributed by atoms with Crippen LogP contribution in [0.2, 0.25) is 0 Å². The van der Waals surface area contributed by atoms with Crippen LogP contribution in [-0.4, -0.2) is 44.3 Å². The Morgan fingerprint density at radius 1 is 1.23 bits per heavy atom. The smallest absolute Gasteiger partial charge is 0.407 e. The summed E-state index contributed by atoms with van der Waals surface area (Å²) in [5.74, 6) is 1.62. The van der Waals surface area contributed by atoms with E-state index in [4.69, 9.17) is 4.74 Å². The Balaban J connectivity index is 1.85. The van der Waals surface area contributed by atoms with E-state index in [0.29, 0.717) is 25.0 Å². The van der Waals surface area contributed by atoms with Crippen LogP contribution in [0, 0.1) is 5.92 Å². The van der Waals surface area contributed by atoms with Crippen molar-refractivity contribution in [2.75, 3.05) is 20.2 Å². The highest BCUT2D eigenvalue weighted by atomic mass is 16.5. The summed E-state index contributed by atoms with van der Waals surface area (Å²) in [5.41, 5.74) is 1.29. The van der Waals surface area contributed by atoms with Crippen LogP contribution in [0.15, 0.2) is 35.3 Å². The molecule has 0 bridgehead atoms. The lowest BCUT2D eigenvalue weighted by molar-refractivity contribution is 0.146. The molecule has 3 unspecified atom stereocenters. The van der Waals surface area contributed by atoms with E-state index in [-0.39, 0.29) is 18.2 Å². The fourth-order valence-electron chi connectivity index (χ4n) is 2.95. The molecule has 0 radical (unpaired) electrons. The van der Waals surface area contributed by atoms with E-state index in [1.165, 1.54) is 5.56 Å². The highest BCUT2D eigenvalue weighted by molar-refractivity contribution is 5.80. The number of alkyl carbamates (subject to hydrolysis) is 1. The number of amides is 1. The standard InChI is InChI=1S/C20H32N4O2/c1-5-26-20(25)24-18(17-11-12-17)13-22-19(21-4)23-15(3)14(2)16-9-7-6-8-10-16/h6-10,14-15,17-18H,5,11-13H2,1-4H3,(H,24,25)(H2,21,22,23). The molecule has 1 aliphatic rings. The number of carbonyl (C=O) groups is 1. The van der Waals surface area contributed by atoms with Gasteiger partial charge in [0, 0.05) is 25.6 Å². The zero-order valence-corrected chi connectivity index (χ0v) is 16.3. The third kappa shape index (κ3) is 6.24. The zero-order valence-electron chi connectivity index (χ0n) is 16.3. The van der Waals surface area contributed by atoms with E-state index in [1.54, 1.807) is 7.05 Å². The van der Waals surface area contributed by atoms with Crippen molar-refractivity contribution in [2.45, 2.75) is 51.6 Å². The molecule has 0 spiro atoms. The maximum atomic E-state index is 11.7. The van der Waals surface area contributed by atoms with Crippen molar-refractivity contribution in [1.29, 1.82) is 0 Å². The van der Waals surface area contributed by atoms with Gasteiger partial charge in [-0.1, -0.05) is 37.3 Å². The van der Waals surface area contributed by atoms with Crippen molar-refractivity contribution >= 4 is 12.1 Å². The Morgan fingerprint density at radius 3 is 2.50 bits per heavy atom. The highest BCUT2D eigenvalue weighted by Gasteiger charge is 2.32. The Labute approximate surface area is 156 Å². The number of aliphatic imine (C=N–C) groups is 1. The topological polar surface area (TPSA) is 74.8 Å². The number of benzene rings is 1. The number of nitrogens with zero attached hydrogens (tertiary/aromatic N) is 1. The van der Waals surface area contributed by atoms with Gasteiger partial charge in [0.1, 0.15) is 0 Å². The molecular weight excluding hydrogens is 328 g/mol. The number of ether oxygens (including phenoxy) is 1. The second-order valence-electron chi connectivity index (χ2n) is 6.89. The molecule has 0 aromatic heterocycles. The summed E-state index contributed by atoms with van der Waals surface area (Å²) in [5, 5.41) is 9.75. The van der Waals surface area contributed by atoms with Gasteiger partial charge in [-0.05, 0) is 38.2 Å². The van der Waals surface area contributed by atoms with Gasteiger partial charge in [0.05, 0.1) is 12.6 Å². The summed E-state index contributed by atoms with van der Waals surface area (Å²) in [4.78, 5) is 16.0. The van der Waals surface area contributed by atoms with Crippen molar-refractivity contribution in [3.63, 3.8) is 0 Å². The Morgan fingerprint density at radius 2 is 1.92 bits per heavy atom. The average Bonchev–Trinajstić information content (AvgIpc) is 3.49. The van der Waals surface area contributed by atoms with Crippen LogP contribution in [0.25, 0.3) is 0 Å². The fourth-order valence-corrected chi connectivity index (χ4v) is 2.95. The molecule has 3 N–H and O–H groups in total. The van der Waals surface area contributed by atoms with E-state index in [0.717, 1.165) is 18.8 Å². The Bertz CT molecular complexity index is 587. The van der Waals surface area contributed by atoms with Crippen LogP contribution in [0.4, 0.5) is 4.79 Å². The SMILES string of the molecule is CCOC(=O)NC(CNC(=NC)NC(C)C(C)c1ccccc1)C1CC1. The molecule has 1 aromatic carbocycles. The molecule has 0 heterocycles. The molecule has 26 heavy (non-hydrogen) atoms. The third-order valence-corrected chi connectivity index (χ3v) is 4.92. The lowest BCUT2D eigenvalue weighted by Crippen LogP contribution is -2.50. The average molecular weight is 361 g/mol. The lowest BCUT2D eigenvalue weighted by atomic mass is 9.94. The van der Waals surface area contributed by atoms with Crippen molar-refractivity contribution < 1.29 is 9.53 Å². The predicted octanol–water partition coefficient (Wildman–Crippen LogP) is 2.87. The molecule has 1 fully saturated rings. The number of hydrogen-bond acceptors (Lipinski definition) is 3. The van der Waals surface area contributed by atoms with Gasteiger partial charge in [-0.3, -0.25) is 4.99 Å². The summed E-state index contributed by atoms with van der Waals surface area (Å²) < 4.78 is 5.00. The molecular formula is C20H32N4O2.